The van der Waals surface area contributed by atoms with Gasteiger partial charge in [-0.1, -0.05) is 43.7 Å². The van der Waals surface area contributed by atoms with Gasteiger partial charge in [0.15, 0.2) is 5.96 Å². The van der Waals surface area contributed by atoms with E-state index in [1.54, 1.807) is 0 Å². The first-order valence-electron chi connectivity index (χ1n) is 9.60. The van der Waals surface area contributed by atoms with Gasteiger partial charge < -0.3 is 15.5 Å². The molecule has 1 saturated heterocycles. The molecule has 1 aliphatic heterocycles. The smallest absolute Gasteiger partial charge is 0.191 e. The molecule has 0 amide bonds. The first kappa shape index (κ1) is 19.8. The molecule has 1 aliphatic rings. The molecular weight excluding hydrogens is 308 g/mol. The number of nitrogens with zero attached hydrogens (tertiary/aromatic N) is 2. The normalized spacial score (nSPS) is 17.8. The minimum atomic E-state index is 0.0602. The maximum absolute atomic E-state index is 4.43. The van der Waals surface area contributed by atoms with Crippen LogP contribution in [0.5, 0.6) is 0 Å². The molecule has 0 bridgehead atoms. The van der Waals surface area contributed by atoms with Crippen LogP contribution in [0.25, 0.3) is 0 Å². The van der Waals surface area contributed by atoms with Crippen LogP contribution >= 0.6 is 0 Å². The van der Waals surface area contributed by atoms with Crippen molar-refractivity contribution in [3.63, 3.8) is 0 Å². The zero-order chi connectivity index (χ0) is 18.4. The van der Waals surface area contributed by atoms with E-state index in [0.29, 0.717) is 12.1 Å². The van der Waals surface area contributed by atoms with Gasteiger partial charge in [-0.3, -0.25) is 4.99 Å². The molecule has 1 heterocycles. The molecule has 0 radical (unpaired) electrons. The fraction of sp³-hybridized carbons (Fsp3) is 0.667. The molecule has 140 valence electrons. The van der Waals surface area contributed by atoms with Crippen LogP contribution in [0.4, 0.5) is 0 Å². The fourth-order valence-electron chi connectivity index (χ4n) is 3.42. The molecule has 0 atom stereocenters. The Bertz CT molecular complexity index is 569. The lowest BCUT2D eigenvalue weighted by Crippen LogP contribution is -2.51. The second-order valence-electron chi connectivity index (χ2n) is 8.23. The second kappa shape index (κ2) is 8.70. The van der Waals surface area contributed by atoms with Crippen LogP contribution in [0, 0.1) is 6.92 Å². The van der Waals surface area contributed by atoms with Gasteiger partial charge in [0, 0.05) is 44.2 Å². The summed E-state index contributed by atoms with van der Waals surface area (Å²) in [5.74, 6) is 0.920. The molecule has 25 heavy (non-hydrogen) atoms. The Hall–Kier alpha value is -1.55. The van der Waals surface area contributed by atoms with Crippen LogP contribution in [0.3, 0.4) is 0 Å². The number of benzene rings is 1. The first-order chi connectivity index (χ1) is 11.8. The largest absolute Gasteiger partial charge is 0.356 e. The lowest BCUT2D eigenvalue weighted by atomic mass is 9.84. The van der Waals surface area contributed by atoms with Crippen LogP contribution in [-0.4, -0.2) is 49.6 Å². The predicted octanol–water partition coefficient (Wildman–Crippen LogP) is 3.31. The van der Waals surface area contributed by atoms with Crippen molar-refractivity contribution in [1.82, 2.24) is 15.5 Å². The van der Waals surface area contributed by atoms with Crippen LogP contribution in [-0.2, 0) is 5.41 Å². The average molecular weight is 345 g/mol. The average Bonchev–Trinajstić information content (AvgIpc) is 2.59. The van der Waals surface area contributed by atoms with E-state index < -0.39 is 0 Å². The van der Waals surface area contributed by atoms with Crippen LogP contribution in [0.15, 0.2) is 29.3 Å². The van der Waals surface area contributed by atoms with Crippen molar-refractivity contribution in [1.29, 1.82) is 0 Å². The van der Waals surface area contributed by atoms with Gasteiger partial charge in [0.25, 0.3) is 0 Å². The highest BCUT2D eigenvalue weighted by Gasteiger charge is 2.23. The third kappa shape index (κ3) is 5.74. The summed E-state index contributed by atoms with van der Waals surface area (Å²) in [7, 11) is 1.86. The molecule has 4 heteroatoms. The third-order valence-corrected chi connectivity index (χ3v) is 5.32. The molecule has 0 spiro atoms. The highest BCUT2D eigenvalue weighted by Crippen LogP contribution is 2.23. The number of rotatable bonds is 5. The van der Waals surface area contributed by atoms with E-state index in [1.807, 2.05) is 7.05 Å². The van der Waals surface area contributed by atoms with Gasteiger partial charge in [0.2, 0.25) is 0 Å². The highest BCUT2D eigenvalue weighted by molar-refractivity contribution is 5.80. The summed E-state index contributed by atoms with van der Waals surface area (Å²) in [6, 6.07) is 9.95. The Labute approximate surface area is 154 Å². The third-order valence-electron chi connectivity index (χ3n) is 5.32. The number of guanidine groups is 1. The standard InChI is InChI=1S/C21H36N4/c1-16(2)25-12-10-19(11-13-25)24-20(22-6)23-15-21(4,5)18-9-7-8-17(3)14-18/h7-9,14,16,19H,10-13,15H2,1-6H3,(H2,22,23,24). The number of aryl methyl sites for hydroxylation is 1. The Morgan fingerprint density at radius 3 is 2.52 bits per heavy atom. The molecule has 0 unspecified atom stereocenters. The van der Waals surface area contributed by atoms with Gasteiger partial charge in [-0.15, -0.1) is 0 Å². The van der Waals surface area contributed by atoms with E-state index in [1.165, 1.54) is 37.1 Å². The lowest BCUT2D eigenvalue weighted by molar-refractivity contribution is 0.167. The SMILES string of the molecule is CN=C(NCC(C)(C)c1cccc(C)c1)NC1CCN(C(C)C)CC1. The summed E-state index contributed by atoms with van der Waals surface area (Å²) >= 11 is 0. The summed E-state index contributed by atoms with van der Waals surface area (Å²) in [6.45, 7) is 14.5. The van der Waals surface area contributed by atoms with E-state index in [-0.39, 0.29) is 5.41 Å². The van der Waals surface area contributed by atoms with Crippen molar-refractivity contribution < 1.29 is 0 Å². The molecule has 4 nitrogen and oxygen atoms in total. The quantitative estimate of drug-likeness (QED) is 0.636. The number of likely N-dealkylation sites (tertiary alicyclic amines) is 1. The van der Waals surface area contributed by atoms with E-state index in [0.717, 1.165) is 12.5 Å². The van der Waals surface area contributed by atoms with Crippen LogP contribution in [0.1, 0.15) is 51.7 Å². The predicted molar refractivity (Wildman–Crippen MR) is 108 cm³/mol. The Morgan fingerprint density at radius 1 is 1.28 bits per heavy atom. The van der Waals surface area contributed by atoms with Gasteiger partial charge >= 0.3 is 0 Å². The van der Waals surface area contributed by atoms with Crippen molar-refractivity contribution in [2.24, 2.45) is 4.99 Å². The summed E-state index contributed by atoms with van der Waals surface area (Å²) in [6.07, 6.45) is 2.36. The highest BCUT2D eigenvalue weighted by atomic mass is 15.2. The van der Waals surface area contributed by atoms with Crippen molar-refractivity contribution in [3.05, 3.63) is 35.4 Å². The van der Waals surface area contributed by atoms with Gasteiger partial charge in [-0.2, -0.15) is 0 Å². The maximum Gasteiger partial charge on any atom is 0.191 e. The maximum atomic E-state index is 4.43. The summed E-state index contributed by atoms with van der Waals surface area (Å²) in [5, 5.41) is 7.15. The summed E-state index contributed by atoms with van der Waals surface area (Å²) < 4.78 is 0. The van der Waals surface area contributed by atoms with E-state index in [4.69, 9.17) is 0 Å². The Morgan fingerprint density at radius 2 is 1.96 bits per heavy atom. The molecule has 0 aliphatic carbocycles. The minimum Gasteiger partial charge on any atom is -0.356 e. The van der Waals surface area contributed by atoms with Crippen molar-refractivity contribution in [2.75, 3.05) is 26.7 Å². The van der Waals surface area contributed by atoms with Gasteiger partial charge in [0.05, 0.1) is 0 Å². The van der Waals surface area contributed by atoms with Gasteiger partial charge in [0.1, 0.15) is 0 Å². The Balaban J connectivity index is 1.86. The summed E-state index contributed by atoms with van der Waals surface area (Å²) in [5.41, 5.74) is 2.73. The number of aliphatic imine (C=N–C) groups is 1. The second-order valence-corrected chi connectivity index (χ2v) is 8.23. The molecule has 2 rings (SSSR count). The molecular formula is C21H36N4. The van der Waals surface area contributed by atoms with E-state index >= 15 is 0 Å². The fourth-order valence-corrected chi connectivity index (χ4v) is 3.42. The van der Waals surface area contributed by atoms with Gasteiger partial charge in [-0.25, -0.2) is 0 Å². The first-order valence-corrected chi connectivity index (χ1v) is 9.60. The molecule has 1 aromatic carbocycles. The topological polar surface area (TPSA) is 39.7 Å². The molecule has 2 N–H and O–H groups in total. The number of hydrogen-bond acceptors (Lipinski definition) is 2. The molecule has 0 aromatic heterocycles. The number of piperidine rings is 1. The number of nitrogens with one attached hydrogen (secondary N) is 2. The number of hydrogen-bond donors (Lipinski definition) is 2. The van der Waals surface area contributed by atoms with E-state index in [9.17, 15) is 0 Å². The van der Waals surface area contributed by atoms with Crippen molar-refractivity contribution in [3.8, 4) is 0 Å². The minimum absolute atomic E-state index is 0.0602. The Kier molecular flexibility index (Phi) is 6.88. The zero-order valence-corrected chi connectivity index (χ0v) is 16.9. The molecule has 0 saturated carbocycles. The van der Waals surface area contributed by atoms with Crippen molar-refractivity contribution >= 4 is 5.96 Å². The monoisotopic (exact) mass is 344 g/mol. The molecule has 1 aromatic rings. The van der Waals surface area contributed by atoms with Crippen molar-refractivity contribution in [2.45, 2.75) is 65.0 Å². The molecule has 1 fully saturated rings. The van der Waals surface area contributed by atoms with Crippen LogP contribution < -0.4 is 10.6 Å². The van der Waals surface area contributed by atoms with E-state index in [2.05, 4.69) is 79.4 Å². The van der Waals surface area contributed by atoms with Crippen LogP contribution in [0.2, 0.25) is 0 Å². The zero-order valence-electron chi connectivity index (χ0n) is 16.9. The van der Waals surface area contributed by atoms with Gasteiger partial charge in [-0.05, 0) is 39.2 Å². The lowest BCUT2D eigenvalue weighted by Gasteiger charge is -2.35. The summed E-state index contributed by atoms with van der Waals surface area (Å²) in [4.78, 5) is 6.98.